The average molecular weight is 225 g/mol. The molecule has 1 aliphatic heterocycles. The molecule has 1 aromatic rings. The first kappa shape index (κ1) is 11.6. The van der Waals surface area contributed by atoms with E-state index in [1.807, 2.05) is 10.9 Å². The van der Waals surface area contributed by atoms with E-state index in [2.05, 4.69) is 17.3 Å². The summed E-state index contributed by atoms with van der Waals surface area (Å²) in [6.07, 6.45) is 5.75. The Bertz CT molecular complexity index is 318. The molecule has 0 bridgehead atoms. The minimum absolute atomic E-state index is 0.119. The summed E-state index contributed by atoms with van der Waals surface area (Å²) in [4.78, 5) is 0. The fraction of sp³-hybridized carbons (Fsp3) is 0.750. The van der Waals surface area contributed by atoms with Gasteiger partial charge in [0.1, 0.15) is 6.17 Å². The lowest BCUT2D eigenvalue weighted by Gasteiger charge is -2.25. The monoisotopic (exact) mass is 225 g/mol. The van der Waals surface area contributed by atoms with Crippen molar-refractivity contribution in [1.82, 2.24) is 15.1 Å². The van der Waals surface area contributed by atoms with E-state index in [0.717, 1.165) is 44.5 Å². The van der Waals surface area contributed by atoms with E-state index >= 15 is 0 Å². The maximum Gasteiger partial charge on any atom is 0.132 e. The van der Waals surface area contributed by atoms with Crippen LogP contribution in [-0.2, 0) is 6.54 Å². The van der Waals surface area contributed by atoms with Gasteiger partial charge in [0, 0.05) is 30.8 Å². The van der Waals surface area contributed by atoms with Gasteiger partial charge in [0.15, 0.2) is 0 Å². The molecule has 1 aromatic heterocycles. The van der Waals surface area contributed by atoms with Crippen molar-refractivity contribution < 1.29 is 4.39 Å². The van der Waals surface area contributed by atoms with Gasteiger partial charge in [-0.2, -0.15) is 5.10 Å². The maximum absolute atomic E-state index is 14.2. The second kappa shape index (κ2) is 5.43. The average Bonchev–Trinajstić information content (AvgIpc) is 2.78. The van der Waals surface area contributed by atoms with Gasteiger partial charge >= 0.3 is 0 Å². The molecule has 1 fully saturated rings. The molecular weight excluding hydrogens is 205 g/mol. The normalized spacial score (nSPS) is 23.2. The second-order valence-corrected chi connectivity index (χ2v) is 4.54. The molecule has 3 nitrogen and oxygen atoms in total. The Kier molecular flexibility index (Phi) is 3.93. The smallest absolute Gasteiger partial charge is 0.132 e. The standard InChI is InChI=1S/C12H20FN3/c1-2-6-16-9-11(8-15-16)12(13)10-4-3-5-14-7-10/h8-10,12,14H,2-7H2,1H3. The maximum atomic E-state index is 14.2. The Morgan fingerprint density at radius 2 is 2.56 bits per heavy atom. The number of piperidine rings is 1. The zero-order valence-corrected chi connectivity index (χ0v) is 9.82. The molecule has 90 valence electrons. The van der Waals surface area contributed by atoms with Crippen LogP contribution in [0, 0.1) is 5.92 Å². The van der Waals surface area contributed by atoms with E-state index in [-0.39, 0.29) is 5.92 Å². The van der Waals surface area contributed by atoms with Crippen molar-refractivity contribution in [1.29, 1.82) is 0 Å². The molecule has 4 heteroatoms. The Labute approximate surface area is 96.0 Å². The van der Waals surface area contributed by atoms with Gasteiger partial charge in [-0.05, 0) is 25.8 Å². The fourth-order valence-corrected chi connectivity index (χ4v) is 2.27. The summed E-state index contributed by atoms with van der Waals surface area (Å²) in [7, 11) is 0. The fourth-order valence-electron chi connectivity index (χ4n) is 2.27. The molecule has 1 N–H and O–H groups in total. The summed E-state index contributed by atoms with van der Waals surface area (Å²) in [5.41, 5.74) is 0.738. The van der Waals surface area contributed by atoms with Crippen LogP contribution in [0.5, 0.6) is 0 Å². The van der Waals surface area contributed by atoms with Gasteiger partial charge < -0.3 is 5.32 Å². The van der Waals surface area contributed by atoms with Crippen molar-refractivity contribution in [3.63, 3.8) is 0 Å². The lowest BCUT2D eigenvalue weighted by Crippen LogP contribution is -2.32. The highest BCUT2D eigenvalue weighted by molar-refractivity contribution is 5.10. The van der Waals surface area contributed by atoms with Crippen molar-refractivity contribution in [3.8, 4) is 0 Å². The summed E-state index contributed by atoms with van der Waals surface area (Å²) in [6, 6.07) is 0. The Balaban J connectivity index is 1.98. The van der Waals surface area contributed by atoms with Crippen molar-refractivity contribution in [3.05, 3.63) is 18.0 Å². The van der Waals surface area contributed by atoms with Crippen molar-refractivity contribution in [2.45, 2.75) is 38.9 Å². The number of nitrogens with zero attached hydrogens (tertiary/aromatic N) is 2. The molecule has 0 aromatic carbocycles. The number of halogens is 1. The van der Waals surface area contributed by atoms with Crippen molar-refractivity contribution in [2.24, 2.45) is 5.92 Å². The molecule has 16 heavy (non-hydrogen) atoms. The zero-order chi connectivity index (χ0) is 11.4. The molecule has 0 saturated carbocycles. The summed E-state index contributed by atoms with van der Waals surface area (Å²) < 4.78 is 16.0. The summed E-state index contributed by atoms with van der Waals surface area (Å²) in [5.74, 6) is 0.119. The number of nitrogens with one attached hydrogen (secondary N) is 1. The minimum Gasteiger partial charge on any atom is -0.316 e. The third-order valence-electron chi connectivity index (χ3n) is 3.17. The lowest BCUT2D eigenvalue weighted by molar-refractivity contribution is 0.194. The molecule has 2 atom stereocenters. The van der Waals surface area contributed by atoms with Crippen LogP contribution in [0.1, 0.15) is 37.9 Å². The third-order valence-corrected chi connectivity index (χ3v) is 3.17. The van der Waals surface area contributed by atoms with Crippen LogP contribution in [0.2, 0.25) is 0 Å². The number of hydrogen-bond acceptors (Lipinski definition) is 2. The zero-order valence-electron chi connectivity index (χ0n) is 9.82. The third kappa shape index (κ3) is 2.61. The first-order valence-corrected chi connectivity index (χ1v) is 6.18. The molecule has 2 heterocycles. The molecule has 1 saturated heterocycles. The van der Waals surface area contributed by atoms with Crippen LogP contribution < -0.4 is 5.32 Å². The van der Waals surface area contributed by atoms with E-state index in [9.17, 15) is 4.39 Å². The van der Waals surface area contributed by atoms with Crippen LogP contribution in [0.3, 0.4) is 0 Å². The highest BCUT2D eigenvalue weighted by Gasteiger charge is 2.25. The van der Waals surface area contributed by atoms with Crippen LogP contribution >= 0.6 is 0 Å². The molecule has 0 aliphatic carbocycles. The lowest BCUT2D eigenvalue weighted by atomic mass is 9.92. The number of aryl methyl sites for hydroxylation is 1. The second-order valence-electron chi connectivity index (χ2n) is 4.54. The SMILES string of the molecule is CCCn1cc(C(F)C2CCCNC2)cn1. The van der Waals surface area contributed by atoms with Gasteiger partial charge in [0.25, 0.3) is 0 Å². The first-order chi connectivity index (χ1) is 7.81. The van der Waals surface area contributed by atoms with Gasteiger partial charge in [-0.1, -0.05) is 6.92 Å². The van der Waals surface area contributed by atoms with Crippen LogP contribution in [0.15, 0.2) is 12.4 Å². The predicted molar refractivity (Wildman–Crippen MR) is 62.0 cm³/mol. The molecular formula is C12H20FN3. The summed E-state index contributed by atoms with van der Waals surface area (Å²) >= 11 is 0. The summed E-state index contributed by atoms with van der Waals surface area (Å²) in [5, 5.41) is 7.43. The molecule has 0 spiro atoms. The van der Waals surface area contributed by atoms with E-state index in [1.54, 1.807) is 6.20 Å². The van der Waals surface area contributed by atoms with E-state index in [4.69, 9.17) is 0 Å². The van der Waals surface area contributed by atoms with Crippen LogP contribution in [0.4, 0.5) is 4.39 Å². The number of rotatable bonds is 4. The Morgan fingerprint density at radius 1 is 1.69 bits per heavy atom. The Morgan fingerprint density at radius 3 is 3.25 bits per heavy atom. The van der Waals surface area contributed by atoms with E-state index < -0.39 is 6.17 Å². The molecule has 2 rings (SSSR count). The largest absolute Gasteiger partial charge is 0.316 e. The number of aromatic nitrogens is 2. The topological polar surface area (TPSA) is 29.9 Å². The highest BCUT2D eigenvalue weighted by atomic mass is 19.1. The van der Waals surface area contributed by atoms with Gasteiger partial charge in [-0.3, -0.25) is 4.68 Å². The quantitative estimate of drug-likeness (QED) is 0.852. The van der Waals surface area contributed by atoms with Gasteiger partial charge in [0.05, 0.1) is 6.20 Å². The molecule has 1 aliphatic rings. The predicted octanol–water partition coefficient (Wildman–Crippen LogP) is 2.30. The van der Waals surface area contributed by atoms with Gasteiger partial charge in [0.2, 0.25) is 0 Å². The first-order valence-electron chi connectivity index (χ1n) is 6.18. The molecule has 2 unspecified atom stereocenters. The van der Waals surface area contributed by atoms with Crippen molar-refractivity contribution >= 4 is 0 Å². The van der Waals surface area contributed by atoms with E-state index in [1.165, 1.54) is 0 Å². The highest BCUT2D eigenvalue weighted by Crippen LogP contribution is 2.30. The molecule has 0 radical (unpaired) electrons. The Hall–Kier alpha value is -0.900. The van der Waals surface area contributed by atoms with Crippen molar-refractivity contribution in [2.75, 3.05) is 13.1 Å². The summed E-state index contributed by atoms with van der Waals surface area (Å²) in [6.45, 7) is 4.79. The molecule has 0 amide bonds. The van der Waals surface area contributed by atoms with Gasteiger partial charge in [-0.25, -0.2) is 4.39 Å². The van der Waals surface area contributed by atoms with E-state index in [0.29, 0.717) is 0 Å². The minimum atomic E-state index is -0.863. The van der Waals surface area contributed by atoms with Gasteiger partial charge in [-0.15, -0.1) is 0 Å². The van der Waals surface area contributed by atoms with Crippen LogP contribution in [0.25, 0.3) is 0 Å². The number of alkyl halides is 1. The van der Waals surface area contributed by atoms with Crippen LogP contribution in [-0.4, -0.2) is 22.9 Å². The number of hydrogen-bond donors (Lipinski definition) is 1.